The van der Waals surface area contributed by atoms with Crippen molar-refractivity contribution in [2.45, 2.75) is 80.7 Å². The van der Waals surface area contributed by atoms with Gasteiger partial charge in [0.05, 0.1) is 13.2 Å². The first-order valence-electron chi connectivity index (χ1n) is 9.75. The fraction of sp³-hybridized carbons (Fsp3) is 1.00. The Labute approximate surface area is 168 Å². The molecule has 0 unspecified atom stereocenters. The smallest absolute Gasteiger partial charge is 0.187 e. The van der Waals surface area contributed by atoms with Crippen LogP contribution in [0.5, 0.6) is 0 Å². The third-order valence-electron chi connectivity index (χ3n) is 5.09. The van der Waals surface area contributed by atoms with Crippen LogP contribution in [-0.2, 0) is 18.9 Å². The second-order valence-corrected chi connectivity index (χ2v) is 7.22. The van der Waals surface area contributed by atoms with Crippen molar-refractivity contribution in [1.82, 2.24) is 0 Å². The molecule has 12 nitrogen and oxygen atoms in total. The third kappa shape index (κ3) is 6.03. The van der Waals surface area contributed by atoms with Gasteiger partial charge in [-0.05, 0) is 25.8 Å². The zero-order valence-corrected chi connectivity index (χ0v) is 16.1. The van der Waals surface area contributed by atoms with Gasteiger partial charge in [0.25, 0.3) is 0 Å². The minimum atomic E-state index is -1.70. The molecule has 0 spiro atoms. The predicted octanol–water partition coefficient (Wildman–Crippen LogP) is -4.24. The fourth-order valence-corrected chi connectivity index (χ4v) is 3.29. The molecule has 10 atom stereocenters. The fourth-order valence-electron chi connectivity index (χ4n) is 3.29. The molecule has 0 bridgehead atoms. The molecule has 0 aromatic carbocycles. The quantitative estimate of drug-likeness (QED) is 0.156. The van der Waals surface area contributed by atoms with Crippen molar-refractivity contribution in [3.63, 3.8) is 0 Å². The van der Waals surface area contributed by atoms with Crippen molar-refractivity contribution in [1.29, 1.82) is 0 Å². The van der Waals surface area contributed by atoms with E-state index in [2.05, 4.69) is 0 Å². The van der Waals surface area contributed by atoms with Gasteiger partial charge in [-0.3, -0.25) is 0 Å². The summed E-state index contributed by atoms with van der Waals surface area (Å²) in [5.74, 6) is 0. The van der Waals surface area contributed by atoms with Crippen LogP contribution in [0.15, 0.2) is 0 Å². The zero-order valence-electron chi connectivity index (χ0n) is 16.1. The topological polar surface area (TPSA) is 205 Å². The van der Waals surface area contributed by atoms with Crippen molar-refractivity contribution in [2.75, 3.05) is 26.4 Å². The molecule has 0 saturated carbocycles. The monoisotopic (exact) mass is 427 g/mol. The first kappa shape index (κ1) is 24.8. The summed E-state index contributed by atoms with van der Waals surface area (Å²) in [4.78, 5) is 0. The van der Waals surface area contributed by atoms with Crippen LogP contribution in [-0.4, -0.2) is 124 Å². The Balaban J connectivity index is 2.07. The molecule has 2 fully saturated rings. The van der Waals surface area contributed by atoms with E-state index in [1.165, 1.54) is 0 Å². The first-order valence-corrected chi connectivity index (χ1v) is 9.75. The molecule has 29 heavy (non-hydrogen) atoms. The lowest BCUT2D eigenvalue weighted by Gasteiger charge is -2.45. The number of aliphatic hydroxyl groups is 7. The average Bonchev–Trinajstić information content (AvgIpc) is 2.72. The molecule has 0 aliphatic carbocycles. The van der Waals surface area contributed by atoms with Crippen molar-refractivity contribution >= 4 is 0 Å². The average molecular weight is 427 g/mol. The molecule has 2 aliphatic heterocycles. The van der Waals surface area contributed by atoms with Crippen molar-refractivity contribution in [3.05, 3.63) is 0 Å². The largest absolute Gasteiger partial charge is 0.394 e. The molecule has 0 amide bonds. The maximum absolute atomic E-state index is 10.4. The zero-order chi connectivity index (χ0) is 21.6. The Morgan fingerprint density at radius 3 is 1.86 bits per heavy atom. The molecule has 2 heterocycles. The van der Waals surface area contributed by atoms with E-state index in [1.54, 1.807) is 0 Å². The van der Waals surface area contributed by atoms with Crippen LogP contribution < -0.4 is 5.73 Å². The van der Waals surface area contributed by atoms with E-state index in [-0.39, 0.29) is 6.61 Å². The Morgan fingerprint density at radius 2 is 1.28 bits per heavy atom. The normalized spacial score (nSPS) is 43.4. The summed E-state index contributed by atoms with van der Waals surface area (Å²) in [6, 6.07) is 0. The number of hydrogen-bond donors (Lipinski definition) is 8. The Bertz CT molecular complexity index is 471. The van der Waals surface area contributed by atoms with E-state index < -0.39 is 74.6 Å². The minimum absolute atomic E-state index is 0.222. The standard InChI is InChI=1S/C17H33NO11/c18-4-2-1-3-5-26-17-15(13(24)11(22)9(7-20)28-17)29-16-14(25)12(23)10(21)8(6-19)27-16/h8-17,19-25H,1-7,18H2/t8-,9-,10-,11-,12+,13+,14+,15+,16+,17+/m1/s1. The third-order valence-corrected chi connectivity index (χ3v) is 5.09. The van der Waals surface area contributed by atoms with Gasteiger partial charge >= 0.3 is 0 Å². The lowest BCUT2D eigenvalue weighted by Crippen LogP contribution is -2.64. The highest BCUT2D eigenvalue weighted by molar-refractivity contribution is 4.93. The summed E-state index contributed by atoms with van der Waals surface area (Å²) in [6.07, 6.45) is -12.2. The predicted molar refractivity (Wildman–Crippen MR) is 95.3 cm³/mol. The van der Waals surface area contributed by atoms with E-state index in [9.17, 15) is 35.7 Å². The van der Waals surface area contributed by atoms with E-state index >= 15 is 0 Å². The summed E-state index contributed by atoms with van der Waals surface area (Å²) >= 11 is 0. The molecule has 0 aromatic rings. The minimum Gasteiger partial charge on any atom is -0.394 e. The number of ether oxygens (including phenoxy) is 4. The number of rotatable bonds is 10. The Kier molecular flexibility index (Phi) is 10.1. The number of aliphatic hydroxyl groups excluding tert-OH is 7. The van der Waals surface area contributed by atoms with Gasteiger partial charge in [0.1, 0.15) is 48.8 Å². The van der Waals surface area contributed by atoms with E-state index in [4.69, 9.17) is 24.7 Å². The molecular formula is C17H33NO11. The molecule has 9 N–H and O–H groups in total. The van der Waals surface area contributed by atoms with E-state index in [1.807, 2.05) is 0 Å². The number of hydrogen-bond acceptors (Lipinski definition) is 12. The van der Waals surface area contributed by atoms with Crippen LogP contribution in [0.1, 0.15) is 19.3 Å². The number of unbranched alkanes of at least 4 members (excludes halogenated alkanes) is 2. The van der Waals surface area contributed by atoms with Crippen LogP contribution in [0, 0.1) is 0 Å². The second-order valence-electron chi connectivity index (χ2n) is 7.22. The van der Waals surface area contributed by atoms with Gasteiger partial charge in [-0.25, -0.2) is 0 Å². The molecular weight excluding hydrogens is 394 g/mol. The Hall–Kier alpha value is -0.480. The van der Waals surface area contributed by atoms with Gasteiger partial charge in [-0.1, -0.05) is 0 Å². The lowest BCUT2D eigenvalue weighted by atomic mass is 9.97. The SMILES string of the molecule is NCCCCCO[C@H]1O[C@H](CO)[C@@H](O)[C@H](O)[C@@H]1O[C@@H]1O[C@H](CO)[C@@H](O)[C@H](O)[C@@H]1O. The molecule has 0 radical (unpaired) electrons. The van der Waals surface area contributed by atoms with Crippen LogP contribution in [0.2, 0.25) is 0 Å². The van der Waals surface area contributed by atoms with Gasteiger partial charge in [-0.2, -0.15) is 0 Å². The van der Waals surface area contributed by atoms with Crippen LogP contribution in [0.25, 0.3) is 0 Å². The summed E-state index contributed by atoms with van der Waals surface area (Å²) in [5.41, 5.74) is 5.44. The summed E-state index contributed by atoms with van der Waals surface area (Å²) < 4.78 is 21.9. The molecule has 0 aromatic heterocycles. The van der Waals surface area contributed by atoms with Crippen molar-refractivity contribution in [3.8, 4) is 0 Å². The molecule has 2 saturated heterocycles. The Morgan fingerprint density at radius 1 is 0.690 bits per heavy atom. The van der Waals surface area contributed by atoms with Crippen LogP contribution in [0.3, 0.4) is 0 Å². The van der Waals surface area contributed by atoms with Crippen LogP contribution >= 0.6 is 0 Å². The van der Waals surface area contributed by atoms with Gasteiger partial charge in [0, 0.05) is 6.61 Å². The summed E-state index contributed by atoms with van der Waals surface area (Å²) in [6.45, 7) is -0.455. The highest BCUT2D eigenvalue weighted by Gasteiger charge is 2.50. The van der Waals surface area contributed by atoms with Gasteiger partial charge in [0.15, 0.2) is 12.6 Å². The first-order chi connectivity index (χ1) is 13.8. The van der Waals surface area contributed by atoms with E-state index in [0.29, 0.717) is 13.0 Å². The maximum Gasteiger partial charge on any atom is 0.187 e. The molecule has 172 valence electrons. The van der Waals surface area contributed by atoms with Crippen molar-refractivity contribution < 1.29 is 54.7 Å². The summed E-state index contributed by atoms with van der Waals surface area (Å²) in [7, 11) is 0. The highest BCUT2D eigenvalue weighted by atomic mass is 16.8. The molecule has 2 aliphatic rings. The van der Waals surface area contributed by atoms with Crippen LogP contribution in [0.4, 0.5) is 0 Å². The van der Waals surface area contributed by atoms with Crippen molar-refractivity contribution in [2.24, 2.45) is 5.73 Å². The number of nitrogens with two attached hydrogens (primary N) is 1. The lowest BCUT2D eigenvalue weighted by molar-refractivity contribution is -0.367. The highest BCUT2D eigenvalue weighted by Crippen LogP contribution is 2.29. The van der Waals surface area contributed by atoms with E-state index in [0.717, 1.165) is 12.8 Å². The summed E-state index contributed by atoms with van der Waals surface area (Å²) in [5, 5.41) is 69.1. The molecule has 12 heteroatoms. The second kappa shape index (κ2) is 11.8. The van der Waals surface area contributed by atoms with Gasteiger partial charge in [0.2, 0.25) is 0 Å². The molecule has 2 rings (SSSR count). The maximum atomic E-state index is 10.4. The van der Waals surface area contributed by atoms with Gasteiger partial charge in [-0.15, -0.1) is 0 Å². The van der Waals surface area contributed by atoms with Gasteiger partial charge < -0.3 is 60.4 Å².